The molecule has 1 saturated heterocycles. The van der Waals surface area contributed by atoms with Gasteiger partial charge in [0, 0.05) is 17.9 Å². The van der Waals surface area contributed by atoms with Gasteiger partial charge in [0.1, 0.15) is 16.5 Å². The molecule has 0 spiro atoms. The van der Waals surface area contributed by atoms with Crippen LogP contribution in [0.2, 0.25) is 5.15 Å². The van der Waals surface area contributed by atoms with Crippen molar-refractivity contribution in [1.82, 2.24) is 9.88 Å². The fourth-order valence-corrected chi connectivity index (χ4v) is 4.02. The number of amides is 4. The number of carbonyl (C=O) groups is 3. The number of rotatable bonds is 6. The van der Waals surface area contributed by atoms with Crippen molar-refractivity contribution >= 4 is 52.7 Å². The number of urea groups is 1. The zero-order valence-electron chi connectivity index (χ0n) is 17.9. The normalized spacial score (nSPS) is 15.8. The number of pyridine rings is 1. The summed E-state index contributed by atoms with van der Waals surface area (Å²) < 4.78 is 37.7. The topological polar surface area (TPSA) is 82.6 Å². The molecular formula is C21H20ClF3N4O3S. The number of carbonyl (C=O) groups excluding carboxylic acids is 3. The Morgan fingerprint density at radius 2 is 1.82 bits per heavy atom. The van der Waals surface area contributed by atoms with Gasteiger partial charge in [0.2, 0.25) is 5.91 Å². The Morgan fingerprint density at radius 1 is 1.18 bits per heavy atom. The third-order valence-corrected chi connectivity index (χ3v) is 5.87. The second kappa shape index (κ2) is 9.22. The van der Waals surface area contributed by atoms with E-state index in [4.69, 9.17) is 11.6 Å². The molecule has 0 bridgehead atoms. The summed E-state index contributed by atoms with van der Waals surface area (Å²) in [7, 11) is 0. The summed E-state index contributed by atoms with van der Waals surface area (Å²) in [5.41, 5.74) is -4.98. The standard InChI is InChI=1S/C21H20ClF3N4O3S/c1-4-17(30)27-16-10-12(9-15(22)26-16)11-28-19(32)29(18(31)20(28,2)3)13-5-7-14(8-6-13)33-21(23,24)25/h5-10H,4,11H2,1-3H3,(H,26,27,30). The number of nitrogens with zero attached hydrogens (tertiary/aromatic N) is 3. The Kier molecular flexibility index (Phi) is 6.94. The molecule has 0 aliphatic carbocycles. The van der Waals surface area contributed by atoms with Crippen LogP contribution in [0.3, 0.4) is 0 Å². The molecule has 0 saturated carbocycles. The van der Waals surface area contributed by atoms with Gasteiger partial charge in [-0.15, -0.1) is 0 Å². The van der Waals surface area contributed by atoms with Gasteiger partial charge < -0.3 is 10.2 Å². The highest BCUT2D eigenvalue weighted by molar-refractivity contribution is 8.00. The second-order valence-corrected chi connectivity index (χ2v) is 9.22. The lowest BCUT2D eigenvalue weighted by molar-refractivity contribution is -0.123. The molecule has 1 aliphatic rings. The second-order valence-electron chi connectivity index (χ2n) is 7.70. The molecule has 2 heterocycles. The van der Waals surface area contributed by atoms with Crippen molar-refractivity contribution in [3.05, 3.63) is 47.1 Å². The molecule has 1 aliphatic heterocycles. The Morgan fingerprint density at radius 3 is 2.39 bits per heavy atom. The van der Waals surface area contributed by atoms with E-state index in [9.17, 15) is 27.6 Å². The Labute approximate surface area is 197 Å². The van der Waals surface area contributed by atoms with E-state index in [1.54, 1.807) is 26.8 Å². The van der Waals surface area contributed by atoms with E-state index in [0.717, 1.165) is 4.90 Å². The van der Waals surface area contributed by atoms with Gasteiger partial charge in [-0.3, -0.25) is 9.59 Å². The van der Waals surface area contributed by atoms with Gasteiger partial charge in [0.05, 0.1) is 5.69 Å². The van der Waals surface area contributed by atoms with Crippen LogP contribution in [0.1, 0.15) is 32.8 Å². The van der Waals surface area contributed by atoms with Gasteiger partial charge in [0.15, 0.2) is 0 Å². The van der Waals surface area contributed by atoms with Crippen LogP contribution >= 0.6 is 23.4 Å². The molecule has 1 fully saturated rings. The maximum Gasteiger partial charge on any atom is 0.446 e. The Hall–Kier alpha value is -2.79. The van der Waals surface area contributed by atoms with Crippen LogP contribution in [0.15, 0.2) is 41.3 Å². The van der Waals surface area contributed by atoms with Crippen LogP contribution in [0.25, 0.3) is 0 Å². The minimum Gasteiger partial charge on any atom is -0.311 e. The molecule has 3 rings (SSSR count). The van der Waals surface area contributed by atoms with Gasteiger partial charge in [-0.05, 0) is 67.6 Å². The number of halogens is 4. The van der Waals surface area contributed by atoms with E-state index < -0.39 is 23.0 Å². The predicted molar refractivity (Wildman–Crippen MR) is 119 cm³/mol. The minimum absolute atomic E-state index is 0.00663. The Balaban J connectivity index is 1.86. The summed E-state index contributed by atoms with van der Waals surface area (Å²) >= 11 is 5.78. The molecule has 1 aromatic carbocycles. The molecule has 0 atom stereocenters. The highest BCUT2D eigenvalue weighted by Gasteiger charge is 2.51. The maximum atomic E-state index is 13.2. The average molecular weight is 501 g/mol. The molecule has 33 heavy (non-hydrogen) atoms. The molecule has 12 heteroatoms. The van der Waals surface area contributed by atoms with Crippen molar-refractivity contribution in [2.75, 3.05) is 10.2 Å². The first-order valence-electron chi connectivity index (χ1n) is 9.80. The number of nitrogens with one attached hydrogen (secondary N) is 1. The monoisotopic (exact) mass is 500 g/mol. The SMILES string of the molecule is CCC(=O)Nc1cc(CN2C(=O)N(c3ccc(SC(F)(F)F)cc3)C(=O)C2(C)C)cc(Cl)n1. The fourth-order valence-electron chi connectivity index (χ4n) is 3.24. The van der Waals surface area contributed by atoms with Crippen LogP contribution in [0.5, 0.6) is 0 Å². The van der Waals surface area contributed by atoms with E-state index in [2.05, 4.69) is 10.3 Å². The molecule has 1 N–H and O–H groups in total. The van der Waals surface area contributed by atoms with Crippen molar-refractivity contribution in [2.24, 2.45) is 0 Å². The van der Waals surface area contributed by atoms with Crippen LogP contribution < -0.4 is 10.2 Å². The summed E-state index contributed by atoms with van der Waals surface area (Å²) in [5, 5.41) is 2.70. The molecule has 0 radical (unpaired) electrons. The van der Waals surface area contributed by atoms with E-state index in [1.807, 2.05) is 0 Å². The molecule has 2 aromatic rings. The van der Waals surface area contributed by atoms with E-state index in [1.165, 1.54) is 35.2 Å². The van der Waals surface area contributed by atoms with Gasteiger partial charge in [-0.25, -0.2) is 14.7 Å². The van der Waals surface area contributed by atoms with Gasteiger partial charge in [0.25, 0.3) is 5.91 Å². The van der Waals surface area contributed by atoms with E-state index in [0.29, 0.717) is 5.56 Å². The van der Waals surface area contributed by atoms with Gasteiger partial charge >= 0.3 is 11.5 Å². The average Bonchev–Trinajstić information content (AvgIpc) is 2.87. The third-order valence-electron chi connectivity index (χ3n) is 4.94. The zero-order valence-corrected chi connectivity index (χ0v) is 19.4. The number of benzene rings is 1. The van der Waals surface area contributed by atoms with Crippen LogP contribution in [-0.4, -0.2) is 38.8 Å². The molecule has 7 nitrogen and oxygen atoms in total. The van der Waals surface area contributed by atoms with Crippen molar-refractivity contribution in [3.8, 4) is 0 Å². The van der Waals surface area contributed by atoms with Crippen molar-refractivity contribution in [1.29, 1.82) is 0 Å². The number of alkyl halides is 3. The van der Waals surface area contributed by atoms with Crippen molar-refractivity contribution in [3.63, 3.8) is 0 Å². The van der Waals surface area contributed by atoms with Crippen LogP contribution in [0, 0.1) is 0 Å². The smallest absolute Gasteiger partial charge is 0.311 e. The summed E-state index contributed by atoms with van der Waals surface area (Å²) in [6.07, 6.45) is 0.241. The lowest BCUT2D eigenvalue weighted by Crippen LogP contribution is -2.43. The number of aromatic nitrogens is 1. The number of thioether (sulfide) groups is 1. The molecular weight excluding hydrogens is 481 g/mol. The molecule has 0 unspecified atom stereocenters. The zero-order chi connectivity index (χ0) is 24.6. The van der Waals surface area contributed by atoms with E-state index in [-0.39, 0.29) is 52.2 Å². The summed E-state index contributed by atoms with van der Waals surface area (Å²) in [4.78, 5) is 44.1. The minimum atomic E-state index is -4.44. The third kappa shape index (κ3) is 5.59. The first-order chi connectivity index (χ1) is 15.3. The largest absolute Gasteiger partial charge is 0.446 e. The van der Waals surface area contributed by atoms with Gasteiger partial charge in [-0.2, -0.15) is 13.2 Å². The van der Waals surface area contributed by atoms with E-state index >= 15 is 0 Å². The lowest BCUT2D eigenvalue weighted by atomic mass is 10.0. The summed E-state index contributed by atoms with van der Waals surface area (Å²) in [5.74, 6) is -0.570. The molecule has 1 aromatic heterocycles. The quantitative estimate of drug-likeness (QED) is 0.324. The number of hydrogen-bond donors (Lipinski definition) is 1. The highest BCUT2D eigenvalue weighted by Crippen LogP contribution is 2.39. The first-order valence-corrected chi connectivity index (χ1v) is 11.0. The van der Waals surface area contributed by atoms with Crippen molar-refractivity contribution < 1.29 is 27.6 Å². The Bertz CT molecular complexity index is 1090. The number of hydrogen-bond acceptors (Lipinski definition) is 5. The number of anilines is 2. The maximum absolute atomic E-state index is 13.2. The van der Waals surface area contributed by atoms with Crippen LogP contribution in [0.4, 0.5) is 29.5 Å². The summed E-state index contributed by atoms with van der Waals surface area (Å²) in [6.45, 7) is 4.82. The molecule has 4 amide bonds. The first kappa shape index (κ1) is 24.8. The van der Waals surface area contributed by atoms with Crippen LogP contribution in [-0.2, 0) is 16.1 Å². The highest BCUT2D eigenvalue weighted by atomic mass is 35.5. The summed E-state index contributed by atoms with van der Waals surface area (Å²) in [6, 6.07) is 7.44. The molecule has 176 valence electrons. The predicted octanol–water partition coefficient (Wildman–Crippen LogP) is 5.44. The fraction of sp³-hybridized carbons (Fsp3) is 0.333. The number of imide groups is 1. The van der Waals surface area contributed by atoms with Gasteiger partial charge in [-0.1, -0.05) is 18.5 Å². The lowest BCUT2D eigenvalue weighted by Gasteiger charge is -2.27. The van der Waals surface area contributed by atoms with Crippen molar-refractivity contribution in [2.45, 2.75) is 49.7 Å².